The number of hydrogen-bond acceptors (Lipinski definition) is 5. The molecule has 1 saturated heterocycles. The van der Waals surface area contributed by atoms with E-state index in [0.717, 1.165) is 30.1 Å². The first-order chi connectivity index (χ1) is 13.6. The number of nitrogens with one attached hydrogen (secondary N) is 1. The fraction of sp³-hybridized carbons (Fsp3) is 0.316. The Hall–Kier alpha value is -3.00. The number of aryl methyl sites for hydroxylation is 1. The van der Waals surface area contributed by atoms with Gasteiger partial charge in [0.1, 0.15) is 12.2 Å². The van der Waals surface area contributed by atoms with Crippen LogP contribution in [0.25, 0.3) is 0 Å². The fourth-order valence-corrected chi connectivity index (χ4v) is 3.57. The number of hydrogen-bond donors (Lipinski definition) is 1. The molecule has 1 aliphatic rings. The molecule has 2 amide bonds. The molecule has 1 fully saturated rings. The van der Waals surface area contributed by atoms with Crippen molar-refractivity contribution in [3.63, 3.8) is 0 Å². The van der Waals surface area contributed by atoms with Crippen LogP contribution >= 0.6 is 11.6 Å². The molecule has 1 aliphatic heterocycles. The summed E-state index contributed by atoms with van der Waals surface area (Å²) in [7, 11) is 0. The maximum Gasteiger partial charge on any atom is 0.322 e. The maximum atomic E-state index is 12.8. The van der Waals surface area contributed by atoms with Crippen molar-refractivity contribution < 1.29 is 4.79 Å². The van der Waals surface area contributed by atoms with Gasteiger partial charge in [0.05, 0.1) is 30.7 Å². The summed E-state index contributed by atoms with van der Waals surface area (Å²) >= 11 is 5.99. The molecule has 0 aliphatic carbocycles. The number of urea groups is 1. The highest BCUT2D eigenvalue weighted by atomic mass is 35.5. The minimum Gasteiger partial charge on any atom is -0.314 e. The van der Waals surface area contributed by atoms with E-state index in [9.17, 15) is 4.79 Å². The van der Waals surface area contributed by atoms with Crippen molar-refractivity contribution in [1.29, 1.82) is 0 Å². The number of nitrogens with zero attached hydrogens (tertiary/aromatic N) is 6. The second-order valence-electron chi connectivity index (χ2n) is 6.73. The zero-order valence-electron chi connectivity index (χ0n) is 15.4. The molecule has 2 aromatic heterocycles. The fourth-order valence-electron chi connectivity index (χ4n) is 3.45. The third kappa shape index (κ3) is 3.82. The Labute approximate surface area is 167 Å². The summed E-state index contributed by atoms with van der Waals surface area (Å²) in [6.07, 6.45) is 6.33. The summed E-state index contributed by atoms with van der Waals surface area (Å²) in [6, 6.07) is 7.40. The van der Waals surface area contributed by atoms with Gasteiger partial charge in [-0.2, -0.15) is 0 Å². The molecule has 28 heavy (non-hydrogen) atoms. The Morgan fingerprint density at radius 2 is 1.96 bits per heavy atom. The third-order valence-electron chi connectivity index (χ3n) is 4.84. The second-order valence-corrected chi connectivity index (χ2v) is 7.16. The molecule has 1 atom stereocenters. The lowest BCUT2D eigenvalue weighted by Gasteiger charge is -2.25. The summed E-state index contributed by atoms with van der Waals surface area (Å²) in [5, 5.41) is 12.2. The quantitative estimate of drug-likeness (QED) is 0.728. The van der Waals surface area contributed by atoms with E-state index >= 15 is 0 Å². The Kier molecular flexibility index (Phi) is 5.21. The second kappa shape index (κ2) is 7.93. The van der Waals surface area contributed by atoms with Crippen molar-refractivity contribution in [1.82, 2.24) is 29.6 Å². The summed E-state index contributed by atoms with van der Waals surface area (Å²) in [4.78, 5) is 22.5. The number of halogens is 1. The van der Waals surface area contributed by atoms with E-state index in [1.54, 1.807) is 17.3 Å². The number of benzene rings is 1. The molecule has 0 bridgehead atoms. The van der Waals surface area contributed by atoms with E-state index in [-0.39, 0.29) is 12.1 Å². The Bertz CT molecular complexity index is 958. The lowest BCUT2D eigenvalue weighted by atomic mass is 10.2. The van der Waals surface area contributed by atoms with Crippen molar-refractivity contribution in [3.8, 4) is 0 Å². The van der Waals surface area contributed by atoms with Gasteiger partial charge in [-0.15, -0.1) is 10.2 Å². The minimum absolute atomic E-state index is 0.127. The molecule has 144 valence electrons. The largest absolute Gasteiger partial charge is 0.322 e. The van der Waals surface area contributed by atoms with Crippen LogP contribution in [0.15, 0.2) is 43.0 Å². The van der Waals surface area contributed by atoms with Crippen LogP contribution in [0.4, 0.5) is 10.5 Å². The molecule has 8 nitrogen and oxygen atoms in total. The SMILES string of the molecule is Cc1nnc(C2CCCN2C(=O)Nc2cncnc2)n1Cc1ccc(Cl)cc1. The van der Waals surface area contributed by atoms with E-state index < -0.39 is 0 Å². The van der Waals surface area contributed by atoms with E-state index in [0.29, 0.717) is 23.8 Å². The number of rotatable bonds is 4. The standard InChI is InChI=1S/C19H20ClN7O/c1-13-24-25-18(27(13)11-14-4-6-15(20)7-5-14)17-3-2-8-26(17)19(28)23-16-9-21-12-22-10-16/h4-7,9-10,12,17H,2-3,8,11H2,1H3,(H,23,28). The predicted molar refractivity (Wildman–Crippen MR) is 105 cm³/mol. The molecule has 1 unspecified atom stereocenters. The summed E-state index contributed by atoms with van der Waals surface area (Å²) in [6.45, 7) is 3.22. The molecule has 3 heterocycles. The van der Waals surface area contributed by atoms with Crippen LogP contribution in [0.3, 0.4) is 0 Å². The van der Waals surface area contributed by atoms with Crippen LogP contribution < -0.4 is 5.32 Å². The van der Waals surface area contributed by atoms with Gasteiger partial charge in [0.25, 0.3) is 0 Å². The lowest BCUT2D eigenvalue weighted by molar-refractivity contribution is 0.204. The van der Waals surface area contributed by atoms with Crippen molar-refractivity contribution in [2.75, 3.05) is 11.9 Å². The van der Waals surface area contributed by atoms with Crippen LogP contribution in [-0.4, -0.2) is 42.2 Å². The van der Waals surface area contributed by atoms with Gasteiger partial charge in [-0.1, -0.05) is 23.7 Å². The lowest BCUT2D eigenvalue weighted by Crippen LogP contribution is -2.35. The van der Waals surface area contributed by atoms with Gasteiger partial charge < -0.3 is 14.8 Å². The zero-order valence-corrected chi connectivity index (χ0v) is 16.2. The predicted octanol–water partition coefficient (Wildman–Crippen LogP) is 3.45. The average molecular weight is 398 g/mol. The minimum atomic E-state index is -0.184. The molecular weight excluding hydrogens is 378 g/mol. The van der Waals surface area contributed by atoms with Gasteiger partial charge in [-0.25, -0.2) is 14.8 Å². The van der Waals surface area contributed by atoms with E-state index in [2.05, 4.69) is 30.0 Å². The first-order valence-electron chi connectivity index (χ1n) is 9.08. The van der Waals surface area contributed by atoms with Crippen LogP contribution in [0.5, 0.6) is 0 Å². The highest BCUT2D eigenvalue weighted by molar-refractivity contribution is 6.30. The van der Waals surface area contributed by atoms with Crippen LogP contribution in [0.1, 0.15) is 36.1 Å². The average Bonchev–Trinajstić information content (AvgIpc) is 3.32. The van der Waals surface area contributed by atoms with Gasteiger partial charge in [0.2, 0.25) is 0 Å². The van der Waals surface area contributed by atoms with E-state index in [4.69, 9.17) is 11.6 Å². The van der Waals surface area contributed by atoms with Crippen LogP contribution in [0.2, 0.25) is 5.02 Å². The van der Waals surface area contributed by atoms with Crippen LogP contribution in [-0.2, 0) is 6.54 Å². The number of amides is 2. The van der Waals surface area contributed by atoms with Gasteiger partial charge in [-0.05, 0) is 37.5 Å². The maximum absolute atomic E-state index is 12.8. The van der Waals surface area contributed by atoms with Crippen molar-refractivity contribution in [3.05, 3.63) is 65.2 Å². The molecule has 4 rings (SSSR count). The third-order valence-corrected chi connectivity index (χ3v) is 5.09. The van der Waals surface area contributed by atoms with Crippen molar-refractivity contribution in [2.24, 2.45) is 0 Å². The first-order valence-corrected chi connectivity index (χ1v) is 9.46. The molecule has 0 saturated carbocycles. The number of carbonyl (C=O) groups is 1. The normalized spacial score (nSPS) is 16.4. The van der Waals surface area contributed by atoms with Crippen molar-refractivity contribution >= 4 is 23.3 Å². The Morgan fingerprint density at radius 3 is 2.71 bits per heavy atom. The molecule has 9 heteroatoms. The summed E-state index contributed by atoms with van der Waals surface area (Å²) in [5.41, 5.74) is 1.67. The van der Waals surface area contributed by atoms with Gasteiger partial charge in [0.15, 0.2) is 5.82 Å². The smallest absolute Gasteiger partial charge is 0.314 e. The van der Waals surface area contributed by atoms with Crippen molar-refractivity contribution in [2.45, 2.75) is 32.4 Å². The van der Waals surface area contributed by atoms with Gasteiger partial charge >= 0.3 is 6.03 Å². The summed E-state index contributed by atoms with van der Waals surface area (Å²) in [5.74, 6) is 1.61. The van der Waals surface area contributed by atoms with Crippen LogP contribution in [0, 0.1) is 6.92 Å². The highest BCUT2D eigenvalue weighted by Crippen LogP contribution is 2.32. The summed E-state index contributed by atoms with van der Waals surface area (Å²) < 4.78 is 2.06. The van der Waals surface area contributed by atoms with E-state index in [1.165, 1.54) is 6.33 Å². The van der Waals surface area contributed by atoms with E-state index in [1.807, 2.05) is 31.2 Å². The topological polar surface area (TPSA) is 88.8 Å². The van der Waals surface area contributed by atoms with Gasteiger partial charge in [0, 0.05) is 11.6 Å². The number of anilines is 1. The molecule has 0 spiro atoms. The number of carbonyl (C=O) groups excluding carboxylic acids is 1. The molecule has 1 N–H and O–H groups in total. The zero-order chi connectivity index (χ0) is 19.5. The monoisotopic (exact) mass is 397 g/mol. The number of aromatic nitrogens is 5. The Balaban J connectivity index is 1.56. The molecule has 1 aromatic carbocycles. The number of likely N-dealkylation sites (tertiary alicyclic amines) is 1. The van der Waals surface area contributed by atoms with Gasteiger partial charge in [-0.3, -0.25) is 0 Å². The Morgan fingerprint density at radius 1 is 1.21 bits per heavy atom. The first kappa shape index (κ1) is 18.4. The highest BCUT2D eigenvalue weighted by Gasteiger charge is 2.34. The molecule has 0 radical (unpaired) electrons. The molecular formula is C19H20ClN7O. The molecule has 3 aromatic rings.